The third-order valence-corrected chi connectivity index (χ3v) is 6.88. The maximum absolute atomic E-state index is 14.6. The number of nitrogens with one attached hydrogen (secondary N) is 2. The predicted octanol–water partition coefficient (Wildman–Crippen LogP) is 7.18. The van der Waals surface area contributed by atoms with E-state index in [4.69, 9.17) is 11.6 Å². The normalized spacial score (nSPS) is 16.0. The molecule has 5 rings (SSSR count). The molecule has 42 heavy (non-hydrogen) atoms. The molecule has 2 N–H and O–H groups in total. The van der Waals surface area contributed by atoms with E-state index >= 15 is 0 Å². The van der Waals surface area contributed by atoms with Crippen LogP contribution in [0.1, 0.15) is 55.3 Å². The van der Waals surface area contributed by atoms with Crippen LogP contribution in [0.15, 0.2) is 42.5 Å². The van der Waals surface area contributed by atoms with Crippen LogP contribution >= 0.6 is 11.6 Å². The average Bonchev–Trinajstić information content (AvgIpc) is 3.39. The zero-order chi connectivity index (χ0) is 30.9. The molecule has 0 radical (unpaired) electrons. The summed E-state index contributed by atoms with van der Waals surface area (Å²) >= 11 is 6.21. The van der Waals surface area contributed by atoms with Crippen molar-refractivity contribution in [3.05, 3.63) is 92.6 Å². The summed E-state index contributed by atoms with van der Waals surface area (Å²) in [5.41, 5.74) is -4.96. The topological polar surface area (TPSA) is 76.0 Å². The number of carbonyl (C=O) groups excluding carboxylic acids is 2. The number of aryl methyl sites for hydroxylation is 1. The lowest BCUT2D eigenvalue weighted by atomic mass is 9.93. The number of aromatic nitrogens is 2. The van der Waals surface area contributed by atoms with E-state index in [1.807, 2.05) is 0 Å². The van der Waals surface area contributed by atoms with Crippen LogP contribution in [0.25, 0.3) is 10.9 Å². The number of halogens is 10. The monoisotopic (exact) mass is 620 g/mol. The van der Waals surface area contributed by atoms with Gasteiger partial charge in [0.25, 0.3) is 11.8 Å². The van der Waals surface area contributed by atoms with Gasteiger partial charge in [-0.2, -0.15) is 31.4 Å². The number of fused-ring (bicyclic) bond motifs is 3. The van der Waals surface area contributed by atoms with Gasteiger partial charge in [-0.25, -0.2) is 13.2 Å². The van der Waals surface area contributed by atoms with Gasteiger partial charge in [0.1, 0.15) is 17.2 Å². The van der Waals surface area contributed by atoms with Crippen molar-refractivity contribution in [2.24, 2.45) is 7.05 Å². The van der Waals surface area contributed by atoms with Crippen LogP contribution in [-0.4, -0.2) is 27.8 Å². The first kappa shape index (κ1) is 29.2. The molecule has 6 nitrogen and oxygen atoms in total. The van der Waals surface area contributed by atoms with Crippen molar-refractivity contribution in [2.75, 3.05) is 5.32 Å². The molecule has 0 spiro atoms. The highest BCUT2D eigenvalue weighted by Crippen LogP contribution is 2.46. The molecule has 1 aromatic heterocycles. The van der Waals surface area contributed by atoms with Crippen molar-refractivity contribution < 1.29 is 49.1 Å². The molecule has 220 valence electrons. The molecule has 16 heteroatoms. The second kappa shape index (κ2) is 9.93. The SMILES string of the molecule is Cn1nc2c3c(c(NC(=O)c4cc(F)cc(C(F)(F)F)c4)cc2c1C(F)C(F)(F)F)C(c1cc(F)ccc1Cl)NC3=O. The first-order chi connectivity index (χ1) is 19.5. The largest absolute Gasteiger partial charge is 0.425 e. The third kappa shape index (κ3) is 5.01. The van der Waals surface area contributed by atoms with Gasteiger partial charge in [0, 0.05) is 39.8 Å². The number of hydrogen-bond donors (Lipinski definition) is 2. The van der Waals surface area contributed by atoms with Crippen molar-refractivity contribution in [2.45, 2.75) is 24.6 Å². The fourth-order valence-electron chi connectivity index (χ4n) is 4.78. The number of rotatable bonds is 4. The Hall–Kier alpha value is -4.27. The van der Waals surface area contributed by atoms with E-state index in [-0.39, 0.29) is 22.2 Å². The first-order valence-electron chi connectivity index (χ1n) is 11.7. The van der Waals surface area contributed by atoms with E-state index in [0.29, 0.717) is 16.8 Å². The standard InChI is InChI=1S/C26H14ClF9N4O2/c1-40-21(22(30)26(34,35)36)14-8-16(37-23(41)9-4-10(25(31,32)33)6-12(29)5-9)17-18(20(14)39-40)24(42)38-19(17)13-7-11(28)2-3-15(13)27/h2-8,19,22H,1H3,(H,37,41)(H,38,42). The molecule has 1 aliphatic heterocycles. The van der Waals surface area contributed by atoms with E-state index in [9.17, 15) is 49.1 Å². The Morgan fingerprint density at radius 2 is 1.74 bits per heavy atom. The van der Waals surface area contributed by atoms with Gasteiger partial charge < -0.3 is 10.6 Å². The number of alkyl halides is 7. The molecule has 2 heterocycles. The fourth-order valence-corrected chi connectivity index (χ4v) is 5.00. The van der Waals surface area contributed by atoms with Crippen LogP contribution in [0.5, 0.6) is 0 Å². The number of carbonyl (C=O) groups is 2. The summed E-state index contributed by atoms with van der Waals surface area (Å²) < 4.78 is 123. The molecule has 0 fully saturated rings. The van der Waals surface area contributed by atoms with Gasteiger partial charge in [-0.15, -0.1) is 0 Å². The van der Waals surface area contributed by atoms with E-state index in [1.165, 1.54) is 0 Å². The molecule has 1 aliphatic rings. The van der Waals surface area contributed by atoms with Crippen molar-refractivity contribution in [3.63, 3.8) is 0 Å². The minimum Gasteiger partial charge on any atom is -0.341 e. The summed E-state index contributed by atoms with van der Waals surface area (Å²) in [6.07, 6.45) is -14.0. The first-order valence-corrected chi connectivity index (χ1v) is 12.0. The van der Waals surface area contributed by atoms with Crippen molar-refractivity contribution in [3.8, 4) is 0 Å². The Balaban J connectivity index is 1.76. The summed E-state index contributed by atoms with van der Waals surface area (Å²) in [5, 5.41) is 7.89. The van der Waals surface area contributed by atoms with Crippen LogP contribution in [0.2, 0.25) is 5.02 Å². The summed E-state index contributed by atoms with van der Waals surface area (Å²) in [5.74, 6) is -4.54. The van der Waals surface area contributed by atoms with Gasteiger partial charge >= 0.3 is 12.4 Å². The van der Waals surface area contributed by atoms with Gasteiger partial charge in [-0.3, -0.25) is 14.3 Å². The van der Waals surface area contributed by atoms with Gasteiger partial charge in [-0.05, 0) is 42.5 Å². The summed E-state index contributed by atoms with van der Waals surface area (Å²) in [6.45, 7) is 0. The maximum Gasteiger partial charge on any atom is 0.425 e. The van der Waals surface area contributed by atoms with Crippen molar-refractivity contribution in [1.29, 1.82) is 0 Å². The fraction of sp³-hybridized carbons (Fsp3) is 0.192. The molecule has 0 saturated heterocycles. The van der Waals surface area contributed by atoms with Crippen LogP contribution in [0.3, 0.4) is 0 Å². The number of hydrogen-bond acceptors (Lipinski definition) is 3. The van der Waals surface area contributed by atoms with E-state index in [1.54, 1.807) is 0 Å². The van der Waals surface area contributed by atoms with Crippen molar-refractivity contribution >= 4 is 40.0 Å². The Morgan fingerprint density at radius 1 is 1.05 bits per heavy atom. The molecular weight excluding hydrogens is 607 g/mol. The number of benzene rings is 3. The maximum atomic E-state index is 14.6. The van der Waals surface area contributed by atoms with Crippen LogP contribution in [0.4, 0.5) is 45.2 Å². The molecule has 0 saturated carbocycles. The summed E-state index contributed by atoms with van der Waals surface area (Å²) in [4.78, 5) is 26.3. The summed E-state index contributed by atoms with van der Waals surface area (Å²) in [7, 11) is 0.984. The molecule has 0 bridgehead atoms. The Bertz CT molecular complexity index is 1780. The summed E-state index contributed by atoms with van der Waals surface area (Å²) in [6, 6.07) is 3.54. The second-order valence-electron chi connectivity index (χ2n) is 9.27. The smallest absolute Gasteiger partial charge is 0.341 e. The lowest BCUT2D eigenvalue weighted by Gasteiger charge is -2.19. The average molecular weight is 621 g/mol. The lowest BCUT2D eigenvalue weighted by molar-refractivity contribution is -0.184. The highest BCUT2D eigenvalue weighted by atomic mass is 35.5. The second-order valence-corrected chi connectivity index (χ2v) is 9.68. The van der Waals surface area contributed by atoms with Gasteiger partial charge in [0.15, 0.2) is 0 Å². The van der Waals surface area contributed by atoms with E-state index in [0.717, 1.165) is 31.3 Å². The Kier molecular flexibility index (Phi) is 6.91. The van der Waals surface area contributed by atoms with E-state index in [2.05, 4.69) is 15.7 Å². The lowest BCUT2D eigenvalue weighted by Crippen LogP contribution is -2.21. The van der Waals surface area contributed by atoms with Crippen molar-refractivity contribution in [1.82, 2.24) is 15.1 Å². The Morgan fingerprint density at radius 3 is 2.38 bits per heavy atom. The highest BCUT2D eigenvalue weighted by molar-refractivity contribution is 6.31. The minimum atomic E-state index is -5.40. The van der Waals surface area contributed by atoms with Gasteiger partial charge in [-0.1, -0.05) is 11.6 Å². The zero-order valence-corrected chi connectivity index (χ0v) is 21.4. The molecule has 2 atom stereocenters. The molecule has 4 aromatic rings. The zero-order valence-electron chi connectivity index (χ0n) is 20.7. The number of anilines is 1. The van der Waals surface area contributed by atoms with E-state index < -0.39 is 87.0 Å². The number of amides is 2. The Labute approximate surface area is 234 Å². The highest BCUT2D eigenvalue weighted by Gasteiger charge is 2.46. The molecule has 3 aromatic carbocycles. The quantitative estimate of drug-likeness (QED) is 0.237. The molecule has 2 amide bonds. The molecular formula is C26H14ClF9N4O2. The molecule has 0 aliphatic carbocycles. The van der Waals surface area contributed by atoms with Crippen LogP contribution < -0.4 is 10.6 Å². The van der Waals surface area contributed by atoms with Gasteiger partial charge in [0.05, 0.1) is 22.9 Å². The number of nitrogens with zero attached hydrogens (tertiary/aromatic N) is 2. The van der Waals surface area contributed by atoms with Gasteiger partial charge in [0.2, 0.25) is 6.17 Å². The third-order valence-electron chi connectivity index (χ3n) is 6.54. The van der Waals surface area contributed by atoms with Crippen LogP contribution in [0, 0.1) is 11.6 Å². The predicted molar refractivity (Wildman–Crippen MR) is 131 cm³/mol. The molecule has 2 unspecified atom stereocenters. The minimum absolute atomic E-state index is 0.0569. The van der Waals surface area contributed by atoms with Crippen LogP contribution in [-0.2, 0) is 13.2 Å².